The van der Waals surface area contributed by atoms with Gasteiger partial charge in [-0.25, -0.2) is 0 Å². The molecule has 0 heterocycles. The second kappa shape index (κ2) is 5.61. The topological polar surface area (TPSA) is 38.0 Å². The van der Waals surface area contributed by atoms with E-state index in [9.17, 15) is 0 Å². The Hall–Kier alpha value is -0.0800. The molecule has 1 aliphatic rings. The van der Waals surface area contributed by atoms with Gasteiger partial charge >= 0.3 is 0 Å². The molecule has 3 N–H and O–H groups in total. The number of nitrogens with one attached hydrogen (secondary N) is 1. The Morgan fingerprint density at radius 1 is 1.08 bits per heavy atom. The van der Waals surface area contributed by atoms with E-state index in [1.54, 1.807) is 0 Å². The molecule has 0 aromatic carbocycles. The lowest BCUT2D eigenvalue weighted by Gasteiger charge is -2.24. The first-order valence-corrected chi connectivity index (χ1v) is 5.72. The minimum atomic E-state index is 0.267. The first-order valence-electron chi connectivity index (χ1n) is 5.72. The highest BCUT2D eigenvalue weighted by Crippen LogP contribution is 2.17. The van der Waals surface area contributed by atoms with Gasteiger partial charge in [0, 0.05) is 18.1 Å². The van der Waals surface area contributed by atoms with Crippen molar-refractivity contribution in [3.8, 4) is 0 Å². The normalized spacial score (nSPS) is 25.2. The Morgan fingerprint density at radius 3 is 2.08 bits per heavy atom. The van der Waals surface area contributed by atoms with E-state index in [0.717, 1.165) is 6.04 Å². The maximum atomic E-state index is 5.83. The lowest BCUT2D eigenvalue weighted by atomic mass is 10.1. The summed E-state index contributed by atoms with van der Waals surface area (Å²) in [5.41, 5.74) is 5.83. The molecule has 2 heteroatoms. The van der Waals surface area contributed by atoms with Gasteiger partial charge in [-0.1, -0.05) is 25.7 Å². The van der Waals surface area contributed by atoms with Gasteiger partial charge in [0.15, 0.2) is 0 Å². The molecule has 78 valence electrons. The van der Waals surface area contributed by atoms with Gasteiger partial charge in [-0.3, -0.25) is 0 Å². The Kier molecular flexibility index (Phi) is 4.74. The van der Waals surface area contributed by atoms with E-state index in [-0.39, 0.29) is 6.04 Å². The van der Waals surface area contributed by atoms with Gasteiger partial charge in [0.05, 0.1) is 0 Å². The van der Waals surface area contributed by atoms with E-state index in [2.05, 4.69) is 19.2 Å². The lowest BCUT2D eigenvalue weighted by molar-refractivity contribution is 0.378. The second-order valence-electron chi connectivity index (χ2n) is 4.50. The third-order valence-electron chi connectivity index (χ3n) is 3.14. The van der Waals surface area contributed by atoms with Crippen molar-refractivity contribution in [3.63, 3.8) is 0 Å². The van der Waals surface area contributed by atoms with Crippen molar-refractivity contribution in [2.75, 3.05) is 0 Å². The zero-order valence-electron chi connectivity index (χ0n) is 9.05. The molecule has 0 aromatic rings. The minimum absolute atomic E-state index is 0.267. The number of rotatable bonds is 3. The standard InChI is InChI=1S/C11H24N2/c1-9(12)10(2)13-11-7-5-3-4-6-8-11/h9-11,13H,3-8,12H2,1-2H3. The Balaban J connectivity index is 2.25. The summed E-state index contributed by atoms with van der Waals surface area (Å²) in [6, 6.07) is 1.45. The maximum Gasteiger partial charge on any atom is 0.0190 e. The van der Waals surface area contributed by atoms with Crippen molar-refractivity contribution in [2.45, 2.75) is 70.5 Å². The molecule has 2 nitrogen and oxygen atoms in total. The van der Waals surface area contributed by atoms with Crippen molar-refractivity contribution in [2.24, 2.45) is 5.73 Å². The van der Waals surface area contributed by atoms with Gasteiger partial charge in [-0.05, 0) is 26.7 Å². The molecular formula is C11H24N2. The van der Waals surface area contributed by atoms with Crippen molar-refractivity contribution in [3.05, 3.63) is 0 Å². The quantitative estimate of drug-likeness (QED) is 0.659. The SMILES string of the molecule is CC(N)C(C)NC1CCCCCC1. The molecule has 0 bridgehead atoms. The molecule has 1 fully saturated rings. The van der Waals surface area contributed by atoms with Crippen LogP contribution in [0, 0.1) is 0 Å². The molecule has 1 aliphatic carbocycles. The first kappa shape index (κ1) is 11.0. The van der Waals surface area contributed by atoms with Crippen LogP contribution in [-0.4, -0.2) is 18.1 Å². The predicted octanol–water partition coefficient (Wildman–Crippen LogP) is 2.03. The fraction of sp³-hybridized carbons (Fsp3) is 1.00. The summed E-state index contributed by atoms with van der Waals surface area (Å²) in [7, 11) is 0. The fourth-order valence-electron chi connectivity index (χ4n) is 1.97. The summed E-state index contributed by atoms with van der Waals surface area (Å²) in [5, 5.41) is 3.63. The van der Waals surface area contributed by atoms with Gasteiger partial charge in [0.2, 0.25) is 0 Å². The monoisotopic (exact) mass is 184 g/mol. The van der Waals surface area contributed by atoms with Crippen LogP contribution in [0.3, 0.4) is 0 Å². The minimum Gasteiger partial charge on any atom is -0.327 e. The van der Waals surface area contributed by atoms with Crippen LogP contribution in [0.5, 0.6) is 0 Å². The average Bonchev–Trinajstić information content (AvgIpc) is 2.32. The number of hydrogen-bond acceptors (Lipinski definition) is 2. The molecule has 0 amide bonds. The molecule has 0 spiro atoms. The Labute approximate surface area is 82.3 Å². The van der Waals surface area contributed by atoms with Crippen LogP contribution in [0.2, 0.25) is 0 Å². The summed E-state index contributed by atoms with van der Waals surface area (Å²) in [6.45, 7) is 4.27. The molecule has 0 radical (unpaired) electrons. The number of nitrogens with two attached hydrogens (primary N) is 1. The lowest BCUT2D eigenvalue weighted by Crippen LogP contribution is -2.45. The molecule has 1 rings (SSSR count). The Morgan fingerprint density at radius 2 is 1.62 bits per heavy atom. The molecule has 1 saturated carbocycles. The third kappa shape index (κ3) is 4.10. The summed E-state index contributed by atoms with van der Waals surface area (Å²) in [4.78, 5) is 0. The summed E-state index contributed by atoms with van der Waals surface area (Å²) in [5.74, 6) is 0. The second-order valence-corrected chi connectivity index (χ2v) is 4.50. The highest BCUT2D eigenvalue weighted by atomic mass is 15.0. The summed E-state index contributed by atoms with van der Waals surface area (Å²) < 4.78 is 0. The average molecular weight is 184 g/mol. The van der Waals surface area contributed by atoms with Gasteiger partial charge in [0.1, 0.15) is 0 Å². The van der Waals surface area contributed by atoms with Gasteiger partial charge in [-0.2, -0.15) is 0 Å². The van der Waals surface area contributed by atoms with E-state index in [1.165, 1.54) is 38.5 Å². The van der Waals surface area contributed by atoms with E-state index in [1.807, 2.05) is 0 Å². The first-order chi connectivity index (χ1) is 6.20. The van der Waals surface area contributed by atoms with Gasteiger partial charge in [-0.15, -0.1) is 0 Å². The van der Waals surface area contributed by atoms with Crippen molar-refractivity contribution < 1.29 is 0 Å². The smallest absolute Gasteiger partial charge is 0.0190 e. The van der Waals surface area contributed by atoms with Gasteiger partial charge in [0.25, 0.3) is 0 Å². The van der Waals surface area contributed by atoms with E-state index in [0.29, 0.717) is 6.04 Å². The Bertz CT molecular complexity index is 126. The summed E-state index contributed by atoms with van der Waals surface area (Å²) >= 11 is 0. The van der Waals surface area contributed by atoms with Gasteiger partial charge < -0.3 is 11.1 Å². The van der Waals surface area contributed by atoms with E-state index >= 15 is 0 Å². The van der Waals surface area contributed by atoms with E-state index < -0.39 is 0 Å². The molecule has 0 aliphatic heterocycles. The number of hydrogen-bond donors (Lipinski definition) is 2. The molecule has 2 atom stereocenters. The van der Waals surface area contributed by atoms with E-state index in [4.69, 9.17) is 5.73 Å². The fourth-order valence-corrected chi connectivity index (χ4v) is 1.97. The molecule has 0 saturated heterocycles. The van der Waals surface area contributed by atoms with Crippen LogP contribution in [0.1, 0.15) is 52.4 Å². The zero-order valence-corrected chi connectivity index (χ0v) is 9.05. The van der Waals surface area contributed by atoms with Crippen LogP contribution in [0.15, 0.2) is 0 Å². The highest BCUT2D eigenvalue weighted by molar-refractivity contribution is 4.78. The largest absolute Gasteiger partial charge is 0.327 e. The van der Waals surface area contributed by atoms with Crippen LogP contribution in [0.4, 0.5) is 0 Å². The highest BCUT2D eigenvalue weighted by Gasteiger charge is 2.15. The molecular weight excluding hydrogens is 160 g/mol. The zero-order chi connectivity index (χ0) is 9.68. The van der Waals surface area contributed by atoms with Crippen molar-refractivity contribution >= 4 is 0 Å². The van der Waals surface area contributed by atoms with Crippen LogP contribution in [0.25, 0.3) is 0 Å². The third-order valence-corrected chi connectivity index (χ3v) is 3.14. The van der Waals surface area contributed by atoms with Crippen molar-refractivity contribution in [1.82, 2.24) is 5.32 Å². The van der Waals surface area contributed by atoms with Crippen LogP contribution >= 0.6 is 0 Å². The predicted molar refractivity (Wildman–Crippen MR) is 57.7 cm³/mol. The summed E-state index contributed by atoms with van der Waals surface area (Å²) in [6.07, 6.45) is 8.32. The molecule has 0 aromatic heterocycles. The van der Waals surface area contributed by atoms with Crippen LogP contribution in [-0.2, 0) is 0 Å². The molecule has 2 unspecified atom stereocenters. The van der Waals surface area contributed by atoms with Crippen LogP contribution < -0.4 is 11.1 Å². The molecule has 13 heavy (non-hydrogen) atoms. The van der Waals surface area contributed by atoms with Crippen molar-refractivity contribution in [1.29, 1.82) is 0 Å². The maximum absolute atomic E-state index is 5.83.